The van der Waals surface area contributed by atoms with Gasteiger partial charge in [-0.2, -0.15) is 0 Å². The minimum atomic E-state index is -0.140. The van der Waals surface area contributed by atoms with Crippen molar-refractivity contribution in [2.45, 2.75) is 44.9 Å². The van der Waals surface area contributed by atoms with E-state index in [1.54, 1.807) is 0 Å². The zero-order valence-electron chi connectivity index (χ0n) is 10.7. The summed E-state index contributed by atoms with van der Waals surface area (Å²) in [4.78, 5) is 14.1. The molecular weight excluding hydrogens is 226 g/mol. The number of piperidine rings is 1. The summed E-state index contributed by atoms with van der Waals surface area (Å²) in [7, 11) is 0. The van der Waals surface area contributed by atoms with Crippen LogP contribution in [0.5, 0.6) is 0 Å². The largest absolute Gasteiger partial charge is 0.445 e. The molecule has 0 N–H and O–H groups in total. The Hall–Kier alpha value is -1.51. The third-order valence-corrected chi connectivity index (χ3v) is 4.38. The summed E-state index contributed by atoms with van der Waals surface area (Å²) in [6.45, 7) is 2.52. The molecular formula is C15H19NO2. The fraction of sp³-hybridized carbons (Fsp3) is 0.533. The molecule has 3 atom stereocenters. The second-order valence-corrected chi connectivity index (χ2v) is 5.42. The standard InChI is InChI=1S/C15H19NO2/c1-11-13-7-8-14(9-13)16(11)15(17)18-10-12-5-3-2-4-6-12/h2-6,11,13-14H,7-10H2,1H3/t11-,13+,14+/m1/s1. The molecule has 1 saturated heterocycles. The van der Waals surface area contributed by atoms with Crippen molar-refractivity contribution in [3.05, 3.63) is 35.9 Å². The first-order valence-electron chi connectivity index (χ1n) is 6.74. The molecule has 1 aromatic rings. The van der Waals surface area contributed by atoms with Crippen LogP contribution in [0.4, 0.5) is 4.79 Å². The monoisotopic (exact) mass is 245 g/mol. The Bertz CT molecular complexity index is 429. The zero-order valence-corrected chi connectivity index (χ0v) is 10.7. The average molecular weight is 245 g/mol. The van der Waals surface area contributed by atoms with Crippen LogP contribution in [0.1, 0.15) is 31.7 Å². The summed E-state index contributed by atoms with van der Waals surface area (Å²) in [5.74, 6) is 0.694. The molecule has 18 heavy (non-hydrogen) atoms. The van der Waals surface area contributed by atoms with Gasteiger partial charge < -0.3 is 9.64 Å². The van der Waals surface area contributed by atoms with Crippen molar-refractivity contribution < 1.29 is 9.53 Å². The van der Waals surface area contributed by atoms with E-state index in [4.69, 9.17) is 4.74 Å². The van der Waals surface area contributed by atoms with Crippen molar-refractivity contribution in [3.8, 4) is 0 Å². The van der Waals surface area contributed by atoms with Crippen LogP contribution >= 0.6 is 0 Å². The fourth-order valence-electron chi connectivity index (χ4n) is 3.35. The first-order chi connectivity index (χ1) is 8.75. The second kappa shape index (κ2) is 4.63. The lowest BCUT2D eigenvalue weighted by Gasteiger charge is -2.32. The number of carbonyl (C=O) groups is 1. The number of ether oxygens (including phenoxy) is 1. The maximum absolute atomic E-state index is 12.1. The number of amides is 1. The van der Waals surface area contributed by atoms with Gasteiger partial charge in [0.2, 0.25) is 0 Å². The van der Waals surface area contributed by atoms with E-state index in [1.165, 1.54) is 12.8 Å². The highest BCUT2D eigenvalue weighted by Gasteiger charge is 2.46. The van der Waals surface area contributed by atoms with Crippen LogP contribution in [0.25, 0.3) is 0 Å². The van der Waals surface area contributed by atoms with Crippen molar-refractivity contribution in [2.24, 2.45) is 5.92 Å². The maximum Gasteiger partial charge on any atom is 0.410 e. The van der Waals surface area contributed by atoms with Crippen LogP contribution in [0.3, 0.4) is 0 Å². The van der Waals surface area contributed by atoms with E-state index in [2.05, 4.69) is 6.92 Å². The van der Waals surface area contributed by atoms with Crippen LogP contribution in [-0.2, 0) is 11.3 Å². The van der Waals surface area contributed by atoms with Crippen molar-refractivity contribution >= 4 is 6.09 Å². The fourth-order valence-corrected chi connectivity index (χ4v) is 3.35. The van der Waals surface area contributed by atoms with Gasteiger partial charge in [-0.1, -0.05) is 30.3 Å². The van der Waals surface area contributed by atoms with Gasteiger partial charge in [0.1, 0.15) is 6.61 Å². The maximum atomic E-state index is 12.1. The van der Waals surface area contributed by atoms with Crippen molar-refractivity contribution in [1.29, 1.82) is 0 Å². The molecule has 3 rings (SSSR count). The number of likely N-dealkylation sites (tertiary alicyclic amines) is 1. The second-order valence-electron chi connectivity index (χ2n) is 5.42. The van der Waals surface area contributed by atoms with Crippen LogP contribution < -0.4 is 0 Å². The van der Waals surface area contributed by atoms with Gasteiger partial charge in [-0.05, 0) is 37.7 Å². The molecule has 0 radical (unpaired) electrons. The van der Waals surface area contributed by atoms with Gasteiger partial charge >= 0.3 is 6.09 Å². The summed E-state index contributed by atoms with van der Waals surface area (Å²) in [6.07, 6.45) is 3.45. The first-order valence-corrected chi connectivity index (χ1v) is 6.74. The van der Waals surface area contributed by atoms with Crippen LogP contribution in [0.2, 0.25) is 0 Å². The van der Waals surface area contributed by atoms with Crippen molar-refractivity contribution in [1.82, 2.24) is 4.90 Å². The molecule has 0 spiro atoms. The molecule has 3 nitrogen and oxygen atoms in total. The molecule has 2 aliphatic rings. The Morgan fingerprint density at radius 3 is 2.78 bits per heavy atom. The smallest absolute Gasteiger partial charge is 0.410 e. The number of hydrogen-bond donors (Lipinski definition) is 0. The van der Waals surface area contributed by atoms with Gasteiger partial charge in [0.05, 0.1) is 0 Å². The van der Waals surface area contributed by atoms with E-state index in [0.717, 1.165) is 12.0 Å². The quantitative estimate of drug-likeness (QED) is 0.800. The minimum absolute atomic E-state index is 0.140. The summed E-state index contributed by atoms with van der Waals surface area (Å²) >= 11 is 0. The summed E-state index contributed by atoms with van der Waals surface area (Å²) in [5, 5.41) is 0. The molecule has 0 aromatic heterocycles. The highest BCUT2D eigenvalue weighted by Crippen LogP contribution is 2.42. The Morgan fingerprint density at radius 2 is 2.11 bits per heavy atom. The van der Waals surface area contributed by atoms with Crippen LogP contribution in [0, 0.1) is 5.92 Å². The van der Waals surface area contributed by atoms with E-state index < -0.39 is 0 Å². The molecule has 1 amide bonds. The van der Waals surface area contributed by atoms with Crippen LogP contribution in [0.15, 0.2) is 30.3 Å². The van der Waals surface area contributed by atoms with Crippen molar-refractivity contribution in [3.63, 3.8) is 0 Å². The van der Waals surface area contributed by atoms with Gasteiger partial charge in [0.15, 0.2) is 0 Å². The van der Waals surface area contributed by atoms with Crippen LogP contribution in [-0.4, -0.2) is 23.1 Å². The predicted octanol–water partition coefficient (Wildman–Crippen LogP) is 3.20. The Kier molecular flexibility index (Phi) is 2.98. The Labute approximate surface area is 108 Å². The summed E-state index contributed by atoms with van der Waals surface area (Å²) in [5.41, 5.74) is 1.04. The molecule has 1 heterocycles. The third-order valence-electron chi connectivity index (χ3n) is 4.38. The normalized spacial score (nSPS) is 29.6. The molecule has 1 aromatic carbocycles. The summed E-state index contributed by atoms with van der Waals surface area (Å²) in [6, 6.07) is 10.6. The Morgan fingerprint density at radius 1 is 1.33 bits per heavy atom. The molecule has 2 fully saturated rings. The molecule has 2 bridgehead atoms. The minimum Gasteiger partial charge on any atom is -0.445 e. The lowest BCUT2D eigenvalue weighted by atomic mass is 10.0. The molecule has 0 unspecified atom stereocenters. The molecule has 1 aliphatic carbocycles. The Balaban J connectivity index is 1.59. The highest BCUT2D eigenvalue weighted by atomic mass is 16.6. The van der Waals surface area contributed by atoms with Gasteiger partial charge in [0.25, 0.3) is 0 Å². The zero-order chi connectivity index (χ0) is 12.5. The molecule has 3 heteroatoms. The SMILES string of the molecule is C[C@@H]1[C@H]2CC[C@@H](C2)N1C(=O)OCc1ccccc1. The first kappa shape index (κ1) is 11.6. The van der Waals surface area contributed by atoms with E-state index in [-0.39, 0.29) is 6.09 Å². The average Bonchev–Trinajstić information content (AvgIpc) is 2.98. The lowest BCUT2D eigenvalue weighted by molar-refractivity contribution is 0.0684. The van der Waals surface area contributed by atoms with Crippen molar-refractivity contribution in [2.75, 3.05) is 0 Å². The van der Waals surface area contributed by atoms with Gasteiger partial charge in [-0.3, -0.25) is 0 Å². The van der Waals surface area contributed by atoms with E-state index in [0.29, 0.717) is 24.6 Å². The number of hydrogen-bond acceptors (Lipinski definition) is 2. The molecule has 96 valence electrons. The van der Waals surface area contributed by atoms with Gasteiger partial charge in [0, 0.05) is 12.1 Å². The number of nitrogens with zero attached hydrogens (tertiary/aromatic N) is 1. The predicted molar refractivity (Wildman–Crippen MR) is 69.1 cm³/mol. The van der Waals surface area contributed by atoms with Gasteiger partial charge in [-0.15, -0.1) is 0 Å². The summed E-state index contributed by atoms with van der Waals surface area (Å²) < 4.78 is 5.42. The number of rotatable bonds is 2. The number of benzene rings is 1. The van der Waals surface area contributed by atoms with E-state index in [1.807, 2.05) is 35.2 Å². The van der Waals surface area contributed by atoms with E-state index in [9.17, 15) is 4.79 Å². The lowest BCUT2D eigenvalue weighted by Crippen LogP contribution is -2.43. The number of fused-ring (bicyclic) bond motifs is 2. The molecule has 1 saturated carbocycles. The number of carbonyl (C=O) groups excluding carboxylic acids is 1. The highest BCUT2D eigenvalue weighted by molar-refractivity contribution is 5.69. The third kappa shape index (κ3) is 1.98. The molecule has 1 aliphatic heterocycles. The van der Waals surface area contributed by atoms with Gasteiger partial charge in [-0.25, -0.2) is 4.79 Å². The van der Waals surface area contributed by atoms with E-state index >= 15 is 0 Å². The topological polar surface area (TPSA) is 29.5 Å².